The zero-order valence-corrected chi connectivity index (χ0v) is 9.90. The van der Waals surface area contributed by atoms with E-state index in [4.69, 9.17) is 10.2 Å². The van der Waals surface area contributed by atoms with Crippen molar-refractivity contribution in [2.24, 2.45) is 12.8 Å². The molecule has 0 radical (unpaired) electrons. The average molecular weight is 232 g/mol. The number of benzene rings is 1. The number of aromatic nitrogens is 1. The molecule has 2 N–H and O–H groups in total. The van der Waals surface area contributed by atoms with Crippen LogP contribution in [0.15, 0.2) is 27.4 Å². The van der Waals surface area contributed by atoms with Crippen molar-refractivity contribution >= 4 is 11.1 Å². The quantitative estimate of drug-likeness (QED) is 0.873. The molecule has 0 saturated heterocycles. The lowest BCUT2D eigenvalue weighted by Crippen LogP contribution is -2.22. The second-order valence-electron chi connectivity index (χ2n) is 5.09. The van der Waals surface area contributed by atoms with Gasteiger partial charge in [-0.3, -0.25) is 4.57 Å². The summed E-state index contributed by atoms with van der Waals surface area (Å²) in [6.07, 6.45) is 4.23. The maximum absolute atomic E-state index is 11.4. The summed E-state index contributed by atoms with van der Waals surface area (Å²) in [6.45, 7) is 0. The van der Waals surface area contributed by atoms with Gasteiger partial charge in [-0.05, 0) is 43.4 Å². The van der Waals surface area contributed by atoms with Gasteiger partial charge in [0.2, 0.25) is 0 Å². The van der Waals surface area contributed by atoms with E-state index in [1.807, 2.05) is 18.2 Å². The van der Waals surface area contributed by atoms with Gasteiger partial charge in [0.1, 0.15) is 0 Å². The van der Waals surface area contributed by atoms with Crippen molar-refractivity contribution < 1.29 is 4.42 Å². The summed E-state index contributed by atoms with van der Waals surface area (Å²) < 4.78 is 6.68. The Kier molecular flexibility index (Phi) is 2.16. The lowest BCUT2D eigenvalue weighted by molar-refractivity contribution is 0.527. The van der Waals surface area contributed by atoms with Crippen LogP contribution in [0, 0.1) is 0 Å². The lowest BCUT2D eigenvalue weighted by Gasteiger charge is -2.07. The molecule has 0 spiro atoms. The molecule has 0 aliphatic heterocycles. The first-order chi connectivity index (χ1) is 8.07. The second kappa shape index (κ2) is 3.47. The molecule has 0 bridgehead atoms. The first kappa shape index (κ1) is 10.6. The fourth-order valence-corrected chi connectivity index (χ4v) is 2.14. The molecule has 1 saturated carbocycles. The van der Waals surface area contributed by atoms with E-state index in [9.17, 15) is 4.79 Å². The van der Waals surface area contributed by atoms with Gasteiger partial charge in [0.25, 0.3) is 0 Å². The van der Waals surface area contributed by atoms with Gasteiger partial charge in [-0.1, -0.05) is 6.07 Å². The van der Waals surface area contributed by atoms with Crippen molar-refractivity contribution in [3.63, 3.8) is 0 Å². The molecule has 1 aromatic carbocycles. The van der Waals surface area contributed by atoms with E-state index in [-0.39, 0.29) is 11.3 Å². The van der Waals surface area contributed by atoms with Gasteiger partial charge in [-0.25, -0.2) is 4.79 Å². The van der Waals surface area contributed by atoms with Crippen LogP contribution in [0.5, 0.6) is 0 Å². The van der Waals surface area contributed by atoms with Crippen molar-refractivity contribution in [2.45, 2.75) is 31.2 Å². The van der Waals surface area contributed by atoms with Crippen LogP contribution in [0.3, 0.4) is 0 Å². The molecule has 1 aromatic heterocycles. The molecule has 0 atom stereocenters. The topological polar surface area (TPSA) is 61.2 Å². The second-order valence-corrected chi connectivity index (χ2v) is 5.09. The van der Waals surface area contributed by atoms with Crippen molar-refractivity contribution in [3.8, 4) is 0 Å². The maximum atomic E-state index is 11.4. The SMILES string of the molecule is Cn1c(=O)oc2cc(CCC3(N)CC3)ccc21. The summed E-state index contributed by atoms with van der Waals surface area (Å²) in [5.41, 5.74) is 8.82. The van der Waals surface area contributed by atoms with Gasteiger partial charge in [0, 0.05) is 12.6 Å². The van der Waals surface area contributed by atoms with E-state index >= 15 is 0 Å². The first-order valence-electron chi connectivity index (χ1n) is 5.95. The monoisotopic (exact) mass is 232 g/mol. The van der Waals surface area contributed by atoms with E-state index in [0.717, 1.165) is 31.2 Å². The Bertz CT molecular complexity index is 620. The number of fused-ring (bicyclic) bond motifs is 1. The molecule has 3 rings (SSSR count). The van der Waals surface area contributed by atoms with Crippen LogP contribution in [-0.4, -0.2) is 10.1 Å². The summed E-state index contributed by atoms with van der Waals surface area (Å²) in [6, 6.07) is 5.93. The number of rotatable bonds is 3. The fourth-order valence-electron chi connectivity index (χ4n) is 2.14. The van der Waals surface area contributed by atoms with Crippen molar-refractivity contribution in [2.75, 3.05) is 0 Å². The Morgan fingerprint density at radius 1 is 1.47 bits per heavy atom. The predicted octanol–water partition coefficient (Wildman–Crippen LogP) is 1.56. The Morgan fingerprint density at radius 3 is 2.94 bits per heavy atom. The maximum Gasteiger partial charge on any atom is 0.419 e. The van der Waals surface area contributed by atoms with Crippen LogP contribution in [0.25, 0.3) is 11.1 Å². The summed E-state index contributed by atoms with van der Waals surface area (Å²) >= 11 is 0. The minimum absolute atomic E-state index is 0.0759. The highest BCUT2D eigenvalue weighted by Crippen LogP contribution is 2.36. The molecule has 90 valence electrons. The third-order valence-corrected chi connectivity index (χ3v) is 3.66. The van der Waals surface area contributed by atoms with Crippen molar-refractivity contribution in [3.05, 3.63) is 34.3 Å². The van der Waals surface area contributed by atoms with Crippen molar-refractivity contribution in [1.29, 1.82) is 0 Å². The van der Waals surface area contributed by atoms with Crippen molar-refractivity contribution in [1.82, 2.24) is 4.57 Å². The van der Waals surface area contributed by atoms with Gasteiger partial charge in [0.05, 0.1) is 5.52 Å². The molecule has 2 aromatic rings. The summed E-state index contributed by atoms with van der Waals surface area (Å²) in [5.74, 6) is -0.311. The molecule has 17 heavy (non-hydrogen) atoms. The van der Waals surface area contributed by atoms with Crippen LogP contribution in [-0.2, 0) is 13.5 Å². The zero-order valence-electron chi connectivity index (χ0n) is 9.90. The molecule has 0 amide bonds. The molecular weight excluding hydrogens is 216 g/mol. The highest BCUT2D eigenvalue weighted by Gasteiger charge is 2.37. The number of nitrogens with zero attached hydrogens (tertiary/aromatic N) is 1. The number of hydrogen-bond acceptors (Lipinski definition) is 3. The molecular formula is C13H16N2O2. The minimum atomic E-state index is -0.311. The van der Waals surface area contributed by atoms with Gasteiger partial charge in [-0.15, -0.1) is 0 Å². The van der Waals surface area contributed by atoms with E-state index in [1.165, 1.54) is 10.1 Å². The third-order valence-electron chi connectivity index (χ3n) is 3.66. The van der Waals surface area contributed by atoms with Gasteiger partial charge < -0.3 is 10.2 Å². The number of hydrogen-bond donors (Lipinski definition) is 1. The predicted molar refractivity (Wildman–Crippen MR) is 65.9 cm³/mol. The van der Waals surface area contributed by atoms with Crippen LogP contribution < -0.4 is 11.5 Å². The Labute approximate surface area is 99.0 Å². The Hall–Kier alpha value is -1.55. The molecule has 4 nitrogen and oxygen atoms in total. The molecule has 1 aliphatic carbocycles. The summed E-state index contributed by atoms with van der Waals surface area (Å²) in [7, 11) is 1.72. The number of aryl methyl sites for hydroxylation is 2. The summed E-state index contributed by atoms with van der Waals surface area (Å²) in [5, 5.41) is 0. The Morgan fingerprint density at radius 2 is 2.24 bits per heavy atom. The third kappa shape index (κ3) is 1.89. The first-order valence-corrected chi connectivity index (χ1v) is 5.95. The minimum Gasteiger partial charge on any atom is -0.408 e. The van der Waals surface area contributed by atoms with Crippen LogP contribution in [0.2, 0.25) is 0 Å². The standard InChI is InChI=1S/C13H16N2O2/c1-15-10-3-2-9(4-5-13(14)6-7-13)8-11(10)17-12(15)16/h2-3,8H,4-7,14H2,1H3. The van der Waals surface area contributed by atoms with Gasteiger partial charge in [-0.2, -0.15) is 0 Å². The average Bonchev–Trinajstić information content (AvgIpc) is 2.98. The molecule has 1 aliphatic rings. The number of oxazole rings is 1. The molecule has 1 fully saturated rings. The van der Waals surface area contributed by atoms with E-state index in [0.29, 0.717) is 5.58 Å². The van der Waals surface area contributed by atoms with Gasteiger partial charge in [0.15, 0.2) is 5.58 Å². The zero-order chi connectivity index (χ0) is 12.0. The molecule has 1 heterocycles. The molecule has 4 heteroatoms. The van der Waals surface area contributed by atoms with E-state index < -0.39 is 0 Å². The van der Waals surface area contributed by atoms with Gasteiger partial charge >= 0.3 is 5.76 Å². The normalized spacial score (nSPS) is 17.5. The lowest BCUT2D eigenvalue weighted by atomic mass is 10.0. The van der Waals surface area contributed by atoms with Crippen LogP contribution >= 0.6 is 0 Å². The highest BCUT2D eigenvalue weighted by molar-refractivity contribution is 5.73. The molecule has 0 unspecified atom stereocenters. The number of nitrogens with two attached hydrogens (primary N) is 1. The van der Waals surface area contributed by atoms with Crippen LogP contribution in [0.1, 0.15) is 24.8 Å². The van der Waals surface area contributed by atoms with E-state index in [1.54, 1.807) is 7.05 Å². The smallest absolute Gasteiger partial charge is 0.408 e. The van der Waals surface area contributed by atoms with Crippen LogP contribution in [0.4, 0.5) is 0 Å². The largest absolute Gasteiger partial charge is 0.419 e. The Balaban J connectivity index is 1.88. The fraction of sp³-hybridized carbons (Fsp3) is 0.462. The summed E-state index contributed by atoms with van der Waals surface area (Å²) in [4.78, 5) is 11.4. The van der Waals surface area contributed by atoms with E-state index in [2.05, 4.69) is 0 Å². The highest BCUT2D eigenvalue weighted by atomic mass is 16.4.